The van der Waals surface area contributed by atoms with Crippen molar-refractivity contribution >= 4 is 103 Å². The summed E-state index contributed by atoms with van der Waals surface area (Å²) in [7, 11) is 0. The quantitative estimate of drug-likeness (QED) is 0.299. The second-order valence-corrected chi connectivity index (χ2v) is 10.1. The van der Waals surface area contributed by atoms with E-state index in [9.17, 15) is 0 Å². The Balaban J connectivity index is 1.58. The van der Waals surface area contributed by atoms with Crippen molar-refractivity contribution in [1.29, 1.82) is 0 Å². The molecule has 0 bridgehead atoms. The Hall–Kier alpha value is -1.26. The molecule has 5 aromatic rings. The number of para-hydroxylation sites is 1. The highest BCUT2D eigenvalue weighted by Crippen LogP contribution is 2.39. The Bertz CT molecular complexity index is 1240. The minimum atomic E-state index is 0.853. The number of anilines is 2. The van der Waals surface area contributed by atoms with E-state index < -0.39 is 0 Å². The Labute approximate surface area is 167 Å². The standard InChI is InChI=1S/C16H9BrN4S4/c1-22-16-19-9-6-5-8-12(13(9)25-16)24-14(18-8)21-15-20-11-7(17)3-2-4-10(11)23-15/h2-6H,1H3,(H,18,20,21). The molecule has 0 spiro atoms. The summed E-state index contributed by atoms with van der Waals surface area (Å²) < 4.78 is 5.63. The number of thioether (sulfide) groups is 1. The Morgan fingerprint density at radius 1 is 0.920 bits per heavy atom. The van der Waals surface area contributed by atoms with Crippen molar-refractivity contribution in [2.45, 2.75) is 4.34 Å². The van der Waals surface area contributed by atoms with Crippen LogP contribution in [0.1, 0.15) is 0 Å². The maximum absolute atomic E-state index is 4.72. The molecule has 0 atom stereocenters. The molecule has 3 heterocycles. The molecule has 1 N–H and O–H groups in total. The molecule has 0 aliphatic rings. The van der Waals surface area contributed by atoms with Gasteiger partial charge in [-0.3, -0.25) is 0 Å². The largest absolute Gasteiger partial charge is 0.307 e. The summed E-state index contributed by atoms with van der Waals surface area (Å²) in [5, 5.41) is 5.08. The summed E-state index contributed by atoms with van der Waals surface area (Å²) >= 11 is 10.2. The molecule has 5 rings (SSSR count). The zero-order chi connectivity index (χ0) is 17.0. The number of rotatable bonds is 3. The molecule has 0 unspecified atom stereocenters. The third kappa shape index (κ3) is 2.74. The molecule has 124 valence electrons. The molecule has 3 aromatic heterocycles. The maximum Gasteiger partial charge on any atom is 0.190 e. The van der Waals surface area contributed by atoms with E-state index >= 15 is 0 Å². The number of hydrogen-bond donors (Lipinski definition) is 1. The zero-order valence-electron chi connectivity index (χ0n) is 12.7. The third-order valence-electron chi connectivity index (χ3n) is 3.65. The van der Waals surface area contributed by atoms with E-state index in [1.165, 1.54) is 9.40 Å². The van der Waals surface area contributed by atoms with E-state index in [0.29, 0.717) is 0 Å². The van der Waals surface area contributed by atoms with Crippen LogP contribution in [0.25, 0.3) is 30.6 Å². The summed E-state index contributed by atoms with van der Waals surface area (Å²) in [6.45, 7) is 0. The number of aromatic nitrogens is 3. The monoisotopic (exact) mass is 464 g/mol. The summed E-state index contributed by atoms with van der Waals surface area (Å²) in [6, 6.07) is 10.2. The number of hydrogen-bond acceptors (Lipinski definition) is 8. The second-order valence-electron chi connectivity index (χ2n) is 5.20. The minimum Gasteiger partial charge on any atom is -0.307 e. The number of nitrogens with zero attached hydrogens (tertiary/aromatic N) is 3. The molecule has 0 aliphatic carbocycles. The highest BCUT2D eigenvalue weighted by Gasteiger charge is 2.13. The van der Waals surface area contributed by atoms with Gasteiger partial charge in [0, 0.05) is 4.47 Å². The van der Waals surface area contributed by atoms with Crippen LogP contribution in [0.4, 0.5) is 10.3 Å². The fourth-order valence-corrected chi connectivity index (χ4v) is 6.75. The van der Waals surface area contributed by atoms with Gasteiger partial charge in [0.15, 0.2) is 14.6 Å². The van der Waals surface area contributed by atoms with Gasteiger partial charge in [-0.15, -0.1) is 11.3 Å². The first-order chi connectivity index (χ1) is 12.2. The van der Waals surface area contributed by atoms with Crippen molar-refractivity contribution in [3.8, 4) is 0 Å². The predicted octanol–water partition coefficient (Wildman–Crippen LogP) is 6.74. The smallest absolute Gasteiger partial charge is 0.190 e. The molecular weight excluding hydrogens is 456 g/mol. The lowest BCUT2D eigenvalue weighted by atomic mass is 10.3. The number of nitrogens with one attached hydrogen (secondary N) is 1. The van der Waals surface area contributed by atoms with Gasteiger partial charge in [0.25, 0.3) is 0 Å². The topological polar surface area (TPSA) is 50.7 Å². The number of fused-ring (bicyclic) bond motifs is 4. The maximum atomic E-state index is 4.72. The van der Waals surface area contributed by atoms with Crippen LogP contribution in [-0.4, -0.2) is 21.2 Å². The fraction of sp³-hybridized carbons (Fsp3) is 0.0625. The van der Waals surface area contributed by atoms with Gasteiger partial charge in [0.1, 0.15) is 0 Å². The average Bonchev–Trinajstić information content (AvgIpc) is 3.29. The van der Waals surface area contributed by atoms with Gasteiger partial charge in [-0.05, 0) is 46.5 Å². The van der Waals surface area contributed by atoms with Crippen LogP contribution in [-0.2, 0) is 0 Å². The molecular formula is C16H9BrN4S4. The first kappa shape index (κ1) is 16.0. The average molecular weight is 465 g/mol. The fourth-order valence-electron chi connectivity index (χ4n) is 2.55. The molecule has 0 amide bonds. The van der Waals surface area contributed by atoms with Crippen LogP contribution < -0.4 is 5.32 Å². The number of benzene rings is 2. The summed E-state index contributed by atoms with van der Waals surface area (Å²) in [5.41, 5.74) is 3.02. The second kappa shape index (κ2) is 6.17. The van der Waals surface area contributed by atoms with Crippen molar-refractivity contribution in [2.24, 2.45) is 0 Å². The molecule has 9 heteroatoms. The minimum absolute atomic E-state index is 0.853. The first-order valence-corrected chi connectivity index (χ1v) is 11.7. The zero-order valence-corrected chi connectivity index (χ0v) is 17.6. The van der Waals surface area contributed by atoms with Crippen molar-refractivity contribution in [2.75, 3.05) is 11.6 Å². The van der Waals surface area contributed by atoms with Gasteiger partial charge in [-0.1, -0.05) is 40.5 Å². The third-order valence-corrected chi connectivity index (χ3v) is 8.43. The summed E-state index contributed by atoms with van der Waals surface area (Å²) in [5.74, 6) is 0. The Kier molecular flexibility index (Phi) is 3.94. The normalized spacial score (nSPS) is 11.8. The Morgan fingerprint density at radius 3 is 2.48 bits per heavy atom. The predicted molar refractivity (Wildman–Crippen MR) is 115 cm³/mol. The molecule has 0 fully saturated rings. The van der Waals surface area contributed by atoms with Crippen LogP contribution in [0, 0.1) is 0 Å². The van der Waals surface area contributed by atoms with Gasteiger partial charge in [-0.2, -0.15) is 0 Å². The SMILES string of the molecule is CSc1nc2ccc3nc(Nc4nc5c(Br)cccc5s4)sc3c2s1. The van der Waals surface area contributed by atoms with E-state index in [1.807, 2.05) is 24.3 Å². The van der Waals surface area contributed by atoms with E-state index in [0.717, 1.165) is 40.3 Å². The first-order valence-electron chi connectivity index (χ1n) is 7.27. The molecule has 0 radical (unpaired) electrons. The van der Waals surface area contributed by atoms with Crippen LogP contribution >= 0.6 is 61.7 Å². The van der Waals surface area contributed by atoms with Crippen molar-refractivity contribution in [3.05, 3.63) is 34.8 Å². The Morgan fingerprint density at radius 2 is 1.68 bits per heavy atom. The van der Waals surface area contributed by atoms with E-state index in [4.69, 9.17) is 4.98 Å². The van der Waals surface area contributed by atoms with Crippen LogP contribution in [0.5, 0.6) is 0 Å². The van der Waals surface area contributed by atoms with E-state index in [1.54, 1.807) is 45.8 Å². The van der Waals surface area contributed by atoms with Crippen LogP contribution in [0.3, 0.4) is 0 Å². The summed E-state index contributed by atoms with van der Waals surface area (Å²) in [6.07, 6.45) is 2.06. The molecule has 0 saturated heterocycles. The number of halogens is 1. The van der Waals surface area contributed by atoms with Gasteiger partial charge in [0.2, 0.25) is 0 Å². The van der Waals surface area contributed by atoms with Gasteiger partial charge in [-0.25, -0.2) is 15.0 Å². The molecule has 4 nitrogen and oxygen atoms in total. The van der Waals surface area contributed by atoms with Crippen LogP contribution in [0.2, 0.25) is 0 Å². The van der Waals surface area contributed by atoms with Gasteiger partial charge >= 0.3 is 0 Å². The number of thiazole rings is 3. The molecule has 0 saturated carbocycles. The molecule has 2 aromatic carbocycles. The summed E-state index contributed by atoms with van der Waals surface area (Å²) in [4.78, 5) is 14.0. The van der Waals surface area contributed by atoms with E-state index in [2.05, 4.69) is 43.5 Å². The lowest BCUT2D eigenvalue weighted by Crippen LogP contribution is -1.87. The molecule has 25 heavy (non-hydrogen) atoms. The van der Waals surface area contributed by atoms with Crippen molar-refractivity contribution in [3.63, 3.8) is 0 Å². The molecule has 0 aliphatic heterocycles. The highest BCUT2D eigenvalue weighted by molar-refractivity contribution is 9.10. The van der Waals surface area contributed by atoms with Gasteiger partial charge < -0.3 is 5.32 Å². The van der Waals surface area contributed by atoms with Crippen molar-refractivity contribution in [1.82, 2.24) is 15.0 Å². The highest BCUT2D eigenvalue weighted by atomic mass is 79.9. The lowest BCUT2D eigenvalue weighted by Gasteiger charge is -1.94. The van der Waals surface area contributed by atoms with E-state index in [-0.39, 0.29) is 0 Å². The van der Waals surface area contributed by atoms with Crippen molar-refractivity contribution < 1.29 is 0 Å². The van der Waals surface area contributed by atoms with Gasteiger partial charge in [0.05, 0.1) is 30.6 Å². The lowest BCUT2D eigenvalue weighted by molar-refractivity contribution is 1.31. The van der Waals surface area contributed by atoms with Crippen LogP contribution in [0.15, 0.2) is 39.1 Å².